The van der Waals surface area contributed by atoms with E-state index in [1.807, 2.05) is 6.92 Å². The number of amides is 1. The maximum Gasteiger partial charge on any atom is 0.416 e. The minimum absolute atomic E-state index is 0.0159. The maximum absolute atomic E-state index is 13.6. The topological polar surface area (TPSA) is 38.1 Å². The summed E-state index contributed by atoms with van der Waals surface area (Å²) in [6.07, 6.45) is -1.18. The standard InChI is InChI=1S/C21H21ClF3N3O/c1-4-27(3)20(29)12-28-8-6-15-18(26-7-5-19(15)28)11-16-13(2)9-14(22)10-17(16)21(23,24)25/h5-10H,4,11-12H2,1-3H3. The first-order valence-electron chi connectivity index (χ1n) is 9.14. The van der Waals surface area contributed by atoms with Gasteiger partial charge in [0, 0.05) is 42.8 Å². The Kier molecular flexibility index (Phi) is 5.89. The van der Waals surface area contributed by atoms with Crippen LogP contribution in [0.2, 0.25) is 5.02 Å². The predicted molar refractivity (Wildman–Crippen MR) is 107 cm³/mol. The van der Waals surface area contributed by atoms with Crippen molar-refractivity contribution in [2.45, 2.75) is 33.0 Å². The summed E-state index contributed by atoms with van der Waals surface area (Å²) in [4.78, 5) is 18.2. The van der Waals surface area contributed by atoms with E-state index in [4.69, 9.17) is 11.6 Å². The molecule has 0 spiro atoms. The minimum Gasteiger partial charge on any atom is -0.344 e. The lowest BCUT2D eigenvalue weighted by atomic mass is 9.96. The van der Waals surface area contributed by atoms with Crippen LogP contribution in [-0.2, 0) is 23.9 Å². The van der Waals surface area contributed by atoms with E-state index in [9.17, 15) is 18.0 Å². The molecule has 1 amide bonds. The molecule has 3 rings (SSSR count). The van der Waals surface area contributed by atoms with Crippen molar-refractivity contribution < 1.29 is 18.0 Å². The SMILES string of the molecule is CCN(C)C(=O)Cn1ccc2c(Cc3c(C)cc(Cl)cc3C(F)(F)F)nccc21. The summed E-state index contributed by atoms with van der Waals surface area (Å²) in [5.41, 5.74) is 1.14. The maximum atomic E-state index is 13.6. The van der Waals surface area contributed by atoms with Crippen LogP contribution in [0.4, 0.5) is 13.2 Å². The zero-order valence-electron chi connectivity index (χ0n) is 16.3. The Morgan fingerprint density at radius 1 is 1.28 bits per heavy atom. The Labute approximate surface area is 171 Å². The number of nitrogens with zero attached hydrogens (tertiary/aromatic N) is 3. The van der Waals surface area contributed by atoms with Gasteiger partial charge in [0.1, 0.15) is 6.54 Å². The third-order valence-electron chi connectivity index (χ3n) is 5.07. The highest BCUT2D eigenvalue weighted by atomic mass is 35.5. The fourth-order valence-corrected chi connectivity index (χ4v) is 3.60. The molecule has 154 valence electrons. The smallest absolute Gasteiger partial charge is 0.344 e. The van der Waals surface area contributed by atoms with E-state index >= 15 is 0 Å². The number of carbonyl (C=O) groups is 1. The highest BCUT2D eigenvalue weighted by Crippen LogP contribution is 2.37. The van der Waals surface area contributed by atoms with Gasteiger partial charge in [0.2, 0.25) is 5.91 Å². The first kappa shape index (κ1) is 21.2. The van der Waals surface area contributed by atoms with Crippen molar-refractivity contribution in [3.05, 3.63) is 64.1 Å². The van der Waals surface area contributed by atoms with E-state index in [0.29, 0.717) is 17.8 Å². The molecule has 0 aliphatic carbocycles. The molecule has 8 heteroatoms. The van der Waals surface area contributed by atoms with Gasteiger partial charge in [0.05, 0.1) is 16.8 Å². The molecule has 0 N–H and O–H groups in total. The van der Waals surface area contributed by atoms with Crippen molar-refractivity contribution in [1.29, 1.82) is 0 Å². The highest BCUT2D eigenvalue weighted by Gasteiger charge is 2.34. The Hall–Kier alpha value is -2.54. The number of fused-ring (bicyclic) bond motifs is 1. The van der Waals surface area contributed by atoms with Crippen molar-refractivity contribution in [2.75, 3.05) is 13.6 Å². The van der Waals surface area contributed by atoms with E-state index in [1.165, 1.54) is 6.07 Å². The Morgan fingerprint density at radius 2 is 2.00 bits per heavy atom. The molecule has 0 aliphatic rings. The third-order valence-corrected chi connectivity index (χ3v) is 5.29. The normalized spacial score (nSPS) is 11.8. The second kappa shape index (κ2) is 8.06. The number of rotatable bonds is 5. The van der Waals surface area contributed by atoms with Gasteiger partial charge >= 0.3 is 6.18 Å². The summed E-state index contributed by atoms with van der Waals surface area (Å²) in [6.45, 7) is 4.26. The largest absolute Gasteiger partial charge is 0.416 e. The minimum atomic E-state index is -4.51. The zero-order valence-corrected chi connectivity index (χ0v) is 17.1. The molecule has 29 heavy (non-hydrogen) atoms. The molecular formula is C21H21ClF3N3O. The molecule has 0 saturated carbocycles. The molecule has 0 fully saturated rings. The fraction of sp³-hybridized carbons (Fsp3) is 0.333. The number of benzene rings is 1. The monoisotopic (exact) mass is 423 g/mol. The van der Waals surface area contributed by atoms with Crippen LogP contribution >= 0.6 is 11.6 Å². The van der Waals surface area contributed by atoms with Crippen LogP contribution in [-0.4, -0.2) is 34.0 Å². The van der Waals surface area contributed by atoms with Gasteiger partial charge in [-0.25, -0.2) is 0 Å². The lowest BCUT2D eigenvalue weighted by Crippen LogP contribution is -2.29. The second-order valence-corrected chi connectivity index (χ2v) is 7.40. The zero-order chi connectivity index (χ0) is 21.3. The predicted octanol–water partition coefficient (Wildman–Crippen LogP) is 5.09. The van der Waals surface area contributed by atoms with Gasteiger partial charge in [0.15, 0.2) is 0 Å². The number of hydrogen-bond donors (Lipinski definition) is 0. The van der Waals surface area contributed by atoms with Crippen LogP contribution in [0.15, 0.2) is 36.7 Å². The van der Waals surface area contributed by atoms with Gasteiger partial charge in [-0.1, -0.05) is 11.6 Å². The second-order valence-electron chi connectivity index (χ2n) is 6.97. The molecule has 0 saturated heterocycles. The van der Waals surface area contributed by atoms with Crippen molar-refractivity contribution in [1.82, 2.24) is 14.5 Å². The number of alkyl halides is 3. The van der Waals surface area contributed by atoms with Gasteiger partial charge in [-0.05, 0) is 49.2 Å². The van der Waals surface area contributed by atoms with Crippen LogP contribution in [0.3, 0.4) is 0 Å². The number of carbonyl (C=O) groups excluding carboxylic acids is 1. The molecular weight excluding hydrogens is 403 g/mol. The molecule has 0 atom stereocenters. The van der Waals surface area contributed by atoms with E-state index in [2.05, 4.69) is 4.98 Å². The lowest BCUT2D eigenvalue weighted by Gasteiger charge is -2.17. The molecule has 0 unspecified atom stereocenters. The molecule has 2 aromatic heterocycles. The fourth-order valence-electron chi connectivity index (χ4n) is 3.33. The van der Waals surface area contributed by atoms with E-state index in [1.54, 1.807) is 48.0 Å². The Morgan fingerprint density at radius 3 is 2.66 bits per heavy atom. The Balaban J connectivity index is 2.02. The van der Waals surface area contributed by atoms with Gasteiger partial charge in [0.25, 0.3) is 0 Å². The molecule has 0 radical (unpaired) electrons. The first-order chi connectivity index (χ1) is 13.6. The van der Waals surface area contributed by atoms with E-state index < -0.39 is 11.7 Å². The first-order valence-corrected chi connectivity index (χ1v) is 9.52. The highest BCUT2D eigenvalue weighted by molar-refractivity contribution is 6.30. The van der Waals surface area contributed by atoms with E-state index in [-0.39, 0.29) is 29.5 Å². The third kappa shape index (κ3) is 4.40. The van der Waals surface area contributed by atoms with Crippen LogP contribution in [0.5, 0.6) is 0 Å². The number of halogens is 4. The number of pyridine rings is 1. The quantitative estimate of drug-likeness (QED) is 0.573. The molecule has 0 aliphatic heterocycles. The average molecular weight is 424 g/mol. The van der Waals surface area contributed by atoms with Gasteiger partial charge in [-0.3, -0.25) is 9.78 Å². The number of hydrogen-bond acceptors (Lipinski definition) is 2. The van der Waals surface area contributed by atoms with Gasteiger partial charge in [-0.2, -0.15) is 13.2 Å². The summed E-state index contributed by atoms with van der Waals surface area (Å²) < 4.78 is 42.5. The van der Waals surface area contributed by atoms with Crippen molar-refractivity contribution in [3.8, 4) is 0 Å². The lowest BCUT2D eigenvalue weighted by molar-refractivity contribution is -0.138. The van der Waals surface area contributed by atoms with Crippen LogP contribution in [0.25, 0.3) is 10.9 Å². The van der Waals surface area contributed by atoms with Crippen molar-refractivity contribution in [3.63, 3.8) is 0 Å². The van der Waals surface area contributed by atoms with Gasteiger partial charge < -0.3 is 9.47 Å². The van der Waals surface area contributed by atoms with Crippen LogP contribution < -0.4 is 0 Å². The molecule has 2 heterocycles. The number of aromatic nitrogens is 2. The summed E-state index contributed by atoms with van der Waals surface area (Å²) >= 11 is 5.86. The molecule has 4 nitrogen and oxygen atoms in total. The summed E-state index contributed by atoms with van der Waals surface area (Å²) in [5, 5.41) is 0.774. The van der Waals surface area contributed by atoms with Crippen LogP contribution in [0, 0.1) is 6.92 Å². The van der Waals surface area contributed by atoms with Gasteiger partial charge in [-0.15, -0.1) is 0 Å². The van der Waals surface area contributed by atoms with Crippen molar-refractivity contribution in [2.24, 2.45) is 0 Å². The average Bonchev–Trinajstić information content (AvgIpc) is 3.05. The van der Waals surface area contributed by atoms with Crippen molar-refractivity contribution >= 4 is 28.4 Å². The summed E-state index contributed by atoms with van der Waals surface area (Å²) in [7, 11) is 1.73. The molecule has 1 aromatic carbocycles. The number of aryl methyl sites for hydroxylation is 1. The summed E-state index contributed by atoms with van der Waals surface area (Å²) in [5.74, 6) is -0.0451. The Bertz CT molecular complexity index is 1060. The summed E-state index contributed by atoms with van der Waals surface area (Å²) in [6, 6.07) is 6.03. The molecule has 0 bridgehead atoms. The molecule has 3 aromatic rings. The number of likely N-dealkylation sites (N-methyl/N-ethyl adjacent to an activating group) is 1. The van der Waals surface area contributed by atoms with Crippen LogP contribution in [0.1, 0.15) is 29.3 Å². The van der Waals surface area contributed by atoms with E-state index in [0.717, 1.165) is 17.0 Å².